The molecule has 0 fully saturated rings. The number of aryl methyl sites for hydroxylation is 1. The second-order valence-electron chi connectivity index (χ2n) is 6.94. The summed E-state index contributed by atoms with van der Waals surface area (Å²) in [5.41, 5.74) is 3.19. The number of H-pyrrole nitrogens is 1. The fourth-order valence-corrected chi connectivity index (χ4v) is 3.88. The molecule has 31 heavy (non-hydrogen) atoms. The lowest BCUT2D eigenvalue weighted by molar-refractivity contribution is 0.284. The Kier molecular flexibility index (Phi) is 6.59. The molecule has 8 heteroatoms. The number of aromatic amines is 1. The summed E-state index contributed by atoms with van der Waals surface area (Å²) >= 11 is 7.01. The van der Waals surface area contributed by atoms with E-state index in [2.05, 4.69) is 52.6 Å². The van der Waals surface area contributed by atoms with Crippen molar-refractivity contribution in [3.63, 3.8) is 0 Å². The van der Waals surface area contributed by atoms with Gasteiger partial charge < -0.3 is 9.47 Å². The SMILES string of the molecule is COc1cc(/C=N\n2c(Cc3cccs3)n[nH]c2=S)ccc1OCc1ccc(C)cc1. The van der Waals surface area contributed by atoms with E-state index in [9.17, 15) is 0 Å². The van der Waals surface area contributed by atoms with Crippen LogP contribution in [-0.2, 0) is 13.0 Å². The van der Waals surface area contributed by atoms with E-state index in [0.29, 0.717) is 29.3 Å². The van der Waals surface area contributed by atoms with Crippen molar-refractivity contribution >= 4 is 29.8 Å². The van der Waals surface area contributed by atoms with Crippen LogP contribution in [-0.4, -0.2) is 28.2 Å². The van der Waals surface area contributed by atoms with Crippen molar-refractivity contribution in [2.45, 2.75) is 20.0 Å². The van der Waals surface area contributed by atoms with Gasteiger partial charge in [-0.1, -0.05) is 35.9 Å². The minimum Gasteiger partial charge on any atom is -0.493 e. The van der Waals surface area contributed by atoms with Gasteiger partial charge in [0.1, 0.15) is 6.61 Å². The summed E-state index contributed by atoms with van der Waals surface area (Å²) in [5, 5.41) is 13.7. The highest BCUT2D eigenvalue weighted by molar-refractivity contribution is 7.71. The molecule has 2 heterocycles. The Labute approximate surface area is 189 Å². The first-order valence-corrected chi connectivity index (χ1v) is 11.0. The maximum Gasteiger partial charge on any atom is 0.216 e. The molecule has 4 rings (SSSR count). The van der Waals surface area contributed by atoms with Gasteiger partial charge in [0.2, 0.25) is 4.77 Å². The fourth-order valence-electron chi connectivity index (χ4n) is 2.98. The second kappa shape index (κ2) is 9.72. The molecule has 4 aromatic rings. The van der Waals surface area contributed by atoms with Gasteiger partial charge in [-0.3, -0.25) is 5.10 Å². The Morgan fingerprint density at radius 3 is 2.74 bits per heavy atom. The first kappa shape index (κ1) is 21.0. The average Bonchev–Trinajstić information content (AvgIpc) is 3.42. The van der Waals surface area contributed by atoms with E-state index >= 15 is 0 Å². The molecule has 6 nitrogen and oxygen atoms in total. The molecule has 1 N–H and O–H groups in total. The number of thiophene rings is 1. The highest BCUT2D eigenvalue weighted by atomic mass is 32.1. The van der Waals surface area contributed by atoms with E-state index in [0.717, 1.165) is 17.0 Å². The van der Waals surface area contributed by atoms with Crippen molar-refractivity contribution in [1.29, 1.82) is 0 Å². The number of nitrogens with one attached hydrogen (secondary N) is 1. The van der Waals surface area contributed by atoms with Crippen LogP contribution in [0.4, 0.5) is 0 Å². The second-order valence-corrected chi connectivity index (χ2v) is 8.36. The zero-order chi connectivity index (χ0) is 21.6. The third kappa shape index (κ3) is 5.28. The van der Waals surface area contributed by atoms with Crippen molar-refractivity contribution in [2.24, 2.45) is 5.10 Å². The van der Waals surface area contributed by atoms with Crippen LogP contribution in [0.3, 0.4) is 0 Å². The number of nitrogens with zero attached hydrogens (tertiary/aromatic N) is 3. The highest BCUT2D eigenvalue weighted by Gasteiger charge is 2.08. The monoisotopic (exact) mass is 450 g/mol. The zero-order valence-corrected chi connectivity index (χ0v) is 18.9. The largest absolute Gasteiger partial charge is 0.493 e. The number of aromatic nitrogens is 3. The van der Waals surface area contributed by atoms with Crippen molar-refractivity contribution < 1.29 is 9.47 Å². The van der Waals surface area contributed by atoms with Crippen LogP contribution in [0.2, 0.25) is 0 Å². The van der Waals surface area contributed by atoms with Crippen LogP contribution >= 0.6 is 23.6 Å². The van der Waals surface area contributed by atoms with Gasteiger partial charge in [-0.25, -0.2) is 0 Å². The van der Waals surface area contributed by atoms with Gasteiger partial charge in [-0.15, -0.1) is 11.3 Å². The summed E-state index contributed by atoms with van der Waals surface area (Å²) in [4.78, 5) is 1.20. The van der Waals surface area contributed by atoms with E-state index < -0.39 is 0 Å². The minimum atomic E-state index is 0.452. The number of ether oxygens (including phenoxy) is 2. The van der Waals surface area contributed by atoms with Crippen LogP contribution < -0.4 is 9.47 Å². The molecule has 0 aliphatic rings. The first-order chi connectivity index (χ1) is 15.1. The van der Waals surface area contributed by atoms with Crippen molar-refractivity contribution in [1.82, 2.24) is 14.9 Å². The molecule has 2 aromatic carbocycles. The maximum atomic E-state index is 5.95. The molecule has 0 aliphatic carbocycles. The van der Waals surface area contributed by atoms with Gasteiger partial charge in [-0.05, 0) is 59.9 Å². The number of rotatable bonds is 8. The van der Waals surface area contributed by atoms with Gasteiger partial charge in [0.05, 0.1) is 13.3 Å². The predicted octanol–water partition coefficient (Wildman–Crippen LogP) is 5.37. The molecule has 0 spiro atoms. The van der Waals surface area contributed by atoms with Crippen molar-refractivity contribution in [3.8, 4) is 11.5 Å². The van der Waals surface area contributed by atoms with Crippen LogP contribution in [0, 0.1) is 11.7 Å². The van der Waals surface area contributed by atoms with Gasteiger partial charge in [0.25, 0.3) is 0 Å². The number of benzene rings is 2. The molecule has 158 valence electrons. The summed E-state index contributed by atoms with van der Waals surface area (Å²) < 4.78 is 13.6. The van der Waals surface area contributed by atoms with Crippen LogP contribution in [0.1, 0.15) is 27.4 Å². The third-order valence-corrected chi connectivity index (χ3v) is 5.80. The van der Waals surface area contributed by atoms with Crippen LogP contribution in [0.5, 0.6) is 11.5 Å². The summed E-state index contributed by atoms with van der Waals surface area (Å²) in [5.74, 6) is 2.08. The Morgan fingerprint density at radius 2 is 2.00 bits per heavy atom. The van der Waals surface area contributed by atoms with Gasteiger partial charge in [-0.2, -0.15) is 14.9 Å². The van der Waals surface area contributed by atoms with E-state index in [-0.39, 0.29) is 0 Å². The standard InChI is InChI=1S/C23H22N4O2S2/c1-16-5-7-17(8-6-16)15-29-20-10-9-18(12-21(20)28-2)14-24-27-22(25-26-23(27)30)13-19-4-3-11-31-19/h3-12,14H,13,15H2,1-2H3,(H,26,30)/b24-14-. The molecule has 2 aromatic heterocycles. The highest BCUT2D eigenvalue weighted by Crippen LogP contribution is 2.28. The Balaban J connectivity index is 1.49. The predicted molar refractivity (Wildman–Crippen MR) is 126 cm³/mol. The topological polar surface area (TPSA) is 64.4 Å². The molecule has 0 atom stereocenters. The van der Waals surface area contributed by atoms with Crippen molar-refractivity contribution in [3.05, 3.63) is 92.1 Å². The molecule has 0 saturated carbocycles. The summed E-state index contributed by atoms with van der Waals surface area (Å²) in [6.45, 7) is 2.54. The molecule has 0 amide bonds. The van der Waals surface area contributed by atoms with Gasteiger partial charge in [0.15, 0.2) is 17.3 Å². The quantitative estimate of drug-likeness (QED) is 0.289. The van der Waals surface area contributed by atoms with Gasteiger partial charge >= 0.3 is 0 Å². The van der Waals surface area contributed by atoms with Crippen molar-refractivity contribution in [2.75, 3.05) is 7.11 Å². The van der Waals surface area contributed by atoms with E-state index in [1.165, 1.54) is 10.4 Å². The molecular weight excluding hydrogens is 428 g/mol. The van der Waals surface area contributed by atoms with E-state index in [4.69, 9.17) is 21.7 Å². The molecule has 0 radical (unpaired) electrons. The summed E-state index contributed by atoms with van der Waals surface area (Å²) in [7, 11) is 1.63. The molecule has 0 saturated heterocycles. The minimum absolute atomic E-state index is 0.452. The summed E-state index contributed by atoms with van der Waals surface area (Å²) in [6, 6.07) is 18.0. The normalized spacial score (nSPS) is 11.2. The van der Waals surface area contributed by atoms with Crippen LogP contribution in [0.15, 0.2) is 65.1 Å². The zero-order valence-electron chi connectivity index (χ0n) is 17.2. The maximum absolute atomic E-state index is 5.95. The lowest BCUT2D eigenvalue weighted by Crippen LogP contribution is -2.00. The molecule has 0 bridgehead atoms. The number of hydrogen-bond donors (Lipinski definition) is 1. The number of methoxy groups -OCH3 is 1. The molecule has 0 unspecified atom stereocenters. The van der Waals surface area contributed by atoms with E-state index in [1.807, 2.05) is 29.6 Å². The molecular formula is C23H22N4O2S2. The first-order valence-electron chi connectivity index (χ1n) is 9.72. The van der Waals surface area contributed by atoms with Gasteiger partial charge in [0, 0.05) is 11.3 Å². The third-order valence-electron chi connectivity index (χ3n) is 4.65. The molecule has 0 aliphatic heterocycles. The lowest BCUT2D eigenvalue weighted by atomic mass is 10.2. The lowest BCUT2D eigenvalue weighted by Gasteiger charge is -2.11. The van der Waals surface area contributed by atoms with E-state index in [1.54, 1.807) is 29.3 Å². The average molecular weight is 451 g/mol. The Morgan fingerprint density at radius 1 is 1.16 bits per heavy atom. The number of hydrogen-bond acceptors (Lipinski definition) is 6. The Hall–Kier alpha value is -3.23. The van der Waals surface area contributed by atoms with Crippen LogP contribution in [0.25, 0.3) is 0 Å². The smallest absolute Gasteiger partial charge is 0.216 e. The summed E-state index contributed by atoms with van der Waals surface area (Å²) in [6.07, 6.45) is 2.40. The Bertz CT molecular complexity index is 1230. The fraction of sp³-hybridized carbons (Fsp3) is 0.174.